The summed E-state index contributed by atoms with van der Waals surface area (Å²) < 4.78 is 0. The van der Waals surface area contributed by atoms with Crippen LogP contribution in [0.25, 0.3) is 0 Å². The fourth-order valence-electron chi connectivity index (χ4n) is 1.14. The van der Waals surface area contributed by atoms with Gasteiger partial charge in [-0.15, -0.1) is 36.8 Å². The molecule has 1 heteroatoms. The Bertz CT molecular complexity index is 283. The average Bonchev–Trinajstić information content (AvgIpc) is 2.28. The molecule has 0 aliphatic rings. The van der Waals surface area contributed by atoms with E-state index in [9.17, 15) is 0 Å². The van der Waals surface area contributed by atoms with E-state index in [1.807, 2.05) is 0 Å². The molecule has 0 heterocycles. The summed E-state index contributed by atoms with van der Waals surface area (Å²) in [4.78, 5) is 0. The summed E-state index contributed by atoms with van der Waals surface area (Å²) in [6, 6.07) is 1.82. The quantitative estimate of drug-likeness (QED) is 0.496. The summed E-state index contributed by atoms with van der Waals surface area (Å²) >= 11 is 0. The van der Waals surface area contributed by atoms with Crippen LogP contribution in [0.3, 0.4) is 0 Å². The van der Waals surface area contributed by atoms with Gasteiger partial charge in [-0.25, -0.2) is 0 Å². The van der Waals surface area contributed by atoms with Crippen LogP contribution < -0.4 is 0 Å². The van der Waals surface area contributed by atoms with E-state index in [2.05, 4.69) is 62.1 Å². The van der Waals surface area contributed by atoms with Crippen molar-refractivity contribution in [1.29, 1.82) is 0 Å². The van der Waals surface area contributed by atoms with Crippen LogP contribution in [0.5, 0.6) is 0 Å². The van der Waals surface area contributed by atoms with Crippen LogP contribution in [0, 0.1) is 23.7 Å². The van der Waals surface area contributed by atoms with E-state index < -0.39 is 8.07 Å². The third kappa shape index (κ3) is 5.30. The van der Waals surface area contributed by atoms with Gasteiger partial charge in [-0.2, -0.15) is 0 Å². The highest BCUT2D eigenvalue weighted by molar-refractivity contribution is 6.89. The predicted molar refractivity (Wildman–Crippen MR) is 71.9 cm³/mol. The van der Waals surface area contributed by atoms with Gasteiger partial charge in [-0.3, -0.25) is 0 Å². The molecule has 0 aromatic carbocycles. The SMILES string of the molecule is C=C[Si](C=C)(CC#CCC)CC#CCC. The largest absolute Gasteiger partial charge is 0.124 e. The van der Waals surface area contributed by atoms with Crippen molar-refractivity contribution in [3.05, 3.63) is 24.6 Å². The third-order valence-electron chi connectivity index (χ3n) is 2.25. The van der Waals surface area contributed by atoms with Crippen LogP contribution in [0.2, 0.25) is 12.1 Å². The van der Waals surface area contributed by atoms with E-state index in [-0.39, 0.29) is 0 Å². The minimum absolute atomic E-state index is 0.909. The van der Waals surface area contributed by atoms with E-state index in [0.717, 1.165) is 24.9 Å². The van der Waals surface area contributed by atoms with Crippen molar-refractivity contribution >= 4 is 8.07 Å². The van der Waals surface area contributed by atoms with E-state index >= 15 is 0 Å². The Balaban J connectivity index is 4.57. The van der Waals surface area contributed by atoms with E-state index in [0.29, 0.717) is 0 Å². The third-order valence-corrected chi connectivity index (χ3v) is 5.55. The maximum absolute atomic E-state index is 3.92. The van der Waals surface area contributed by atoms with Gasteiger partial charge in [-0.1, -0.05) is 25.2 Å². The maximum Gasteiger partial charge on any atom is 0.124 e. The molecule has 80 valence electrons. The molecule has 0 aliphatic carbocycles. The highest BCUT2D eigenvalue weighted by atomic mass is 28.3. The Morgan fingerprint density at radius 3 is 1.53 bits per heavy atom. The zero-order valence-corrected chi connectivity index (χ0v) is 10.9. The van der Waals surface area contributed by atoms with Crippen molar-refractivity contribution in [1.82, 2.24) is 0 Å². The number of hydrogen-bond acceptors (Lipinski definition) is 0. The van der Waals surface area contributed by atoms with Crippen LogP contribution >= 0.6 is 0 Å². The van der Waals surface area contributed by atoms with Crippen molar-refractivity contribution in [2.75, 3.05) is 0 Å². The molecule has 0 saturated heterocycles. The van der Waals surface area contributed by atoms with E-state index in [1.165, 1.54) is 0 Å². The summed E-state index contributed by atoms with van der Waals surface area (Å²) in [5, 5.41) is 0. The summed E-state index contributed by atoms with van der Waals surface area (Å²) in [5.41, 5.74) is 4.10. The van der Waals surface area contributed by atoms with Gasteiger partial charge in [0, 0.05) is 24.9 Å². The van der Waals surface area contributed by atoms with Crippen molar-refractivity contribution < 1.29 is 0 Å². The summed E-state index contributed by atoms with van der Waals surface area (Å²) in [5.74, 6) is 12.6. The first-order valence-corrected chi connectivity index (χ1v) is 8.00. The molecule has 0 saturated carbocycles. The molecule has 0 amide bonds. The minimum atomic E-state index is -1.64. The van der Waals surface area contributed by atoms with Gasteiger partial charge in [0.15, 0.2) is 0 Å². The van der Waals surface area contributed by atoms with Gasteiger partial charge in [0.1, 0.15) is 8.07 Å². The standard InChI is InChI=1S/C14H20Si/c1-5-9-11-13-15(7-3,8-4)14-12-10-6-2/h7-8H,3-6,13-14H2,1-2H3. The lowest BCUT2D eigenvalue weighted by molar-refractivity contribution is 1.27. The zero-order valence-electron chi connectivity index (χ0n) is 9.90. The Kier molecular flexibility index (Phi) is 7.51. The van der Waals surface area contributed by atoms with Gasteiger partial charge in [-0.05, 0) is 0 Å². The first kappa shape index (κ1) is 13.8. The Morgan fingerprint density at radius 1 is 0.867 bits per heavy atom. The molecule has 0 aliphatic heterocycles. The molecule has 0 unspecified atom stereocenters. The first-order chi connectivity index (χ1) is 7.24. The second kappa shape index (κ2) is 8.15. The van der Waals surface area contributed by atoms with Crippen molar-refractivity contribution in [3.63, 3.8) is 0 Å². The molecule has 0 spiro atoms. The Morgan fingerprint density at radius 2 is 1.27 bits per heavy atom. The van der Waals surface area contributed by atoms with E-state index in [4.69, 9.17) is 0 Å². The Hall–Kier alpha value is -1.18. The van der Waals surface area contributed by atoms with Gasteiger partial charge in [0.05, 0.1) is 0 Å². The summed E-state index contributed by atoms with van der Waals surface area (Å²) in [6.45, 7) is 12.0. The lowest BCUT2D eigenvalue weighted by atomic mass is 10.5. The summed E-state index contributed by atoms with van der Waals surface area (Å²) in [6.07, 6.45) is 1.83. The second-order valence-electron chi connectivity index (χ2n) is 3.41. The molecule has 15 heavy (non-hydrogen) atoms. The predicted octanol–water partition coefficient (Wildman–Crippen LogP) is 3.71. The fourth-order valence-corrected chi connectivity index (χ4v) is 2.92. The van der Waals surface area contributed by atoms with Crippen LogP contribution in [0.15, 0.2) is 24.6 Å². The first-order valence-electron chi connectivity index (χ1n) is 5.43. The topological polar surface area (TPSA) is 0 Å². The summed E-state index contributed by atoms with van der Waals surface area (Å²) in [7, 11) is -1.64. The molecular formula is C14H20Si. The van der Waals surface area contributed by atoms with Crippen molar-refractivity contribution in [2.45, 2.75) is 38.8 Å². The minimum Gasteiger partial charge on any atom is -0.107 e. The molecule has 0 bridgehead atoms. The van der Waals surface area contributed by atoms with Crippen molar-refractivity contribution in [3.8, 4) is 23.7 Å². The van der Waals surface area contributed by atoms with Crippen LogP contribution in [0.1, 0.15) is 26.7 Å². The second-order valence-corrected chi connectivity index (χ2v) is 7.40. The van der Waals surface area contributed by atoms with Crippen LogP contribution in [-0.2, 0) is 0 Å². The van der Waals surface area contributed by atoms with Crippen LogP contribution in [0.4, 0.5) is 0 Å². The molecule has 0 radical (unpaired) electrons. The van der Waals surface area contributed by atoms with Gasteiger partial charge in [0.2, 0.25) is 0 Å². The molecular weight excluding hydrogens is 196 g/mol. The molecule has 0 rings (SSSR count). The number of rotatable bonds is 4. The molecule has 0 nitrogen and oxygen atoms in total. The van der Waals surface area contributed by atoms with Gasteiger partial charge >= 0.3 is 0 Å². The van der Waals surface area contributed by atoms with Gasteiger partial charge in [0.25, 0.3) is 0 Å². The Labute approximate surface area is 95.5 Å². The maximum atomic E-state index is 3.92. The van der Waals surface area contributed by atoms with E-state index in [1.54, 1.807) is 0 Å². The number of hydrogen-bond donors (Lipinski definition) is 0. The molecule has 0 aromatic heterocycles. The van der Waals surface area contributed by atoms with Crippen LogP contribution in [-0.4, -0.2) is 8.07 Å². The van der Waals surface area contributed by atoms with Gasteiger partial charge < -0.3 is 0 Å². The normalized spacial score (nSPS) is 9.20. The highest BCUT2D eigenvalue weighted by Crippen LogP contribution is 2.17. The average molecular weight is 216 g/mol. The lowest BCUT2D eigenvalue weighted by Crippen LogP contribution is -2.27. The fraction of sp³-hybridized carbons (Fsp3) is 0.429. The molecule has 0 aromatic rings. The smallest absolute Gasteiger partial charge is 0.107 e. The monoisotopic (exact) mass is 216 g/mol. The molecule has 0 N–H and O–H groups in total. The molecule has 0 fully saturated rings. The molecule has 0 atom stereocenters. The van der Waals surface area contributed by atoms with Crippen molar-refractivity contribution in [2.24, 2.45) is 0 Å². The lowest BCUT2D eigenvalue weighted by Gasteiger charge is -2.18. The highest BCUT2D eigenvalue weighted by Gasteiger charge is 2.23. The zero-order chi connectivity index (χ0) is 11.6.